The van der Waals surface area contributed by atoms with Gasteiger partial charge in [-0.05, 0) is 12.8 Å². The molecule has 0 spiro atoms. The molecule has 0 aliphatic rings. The minimum atomic E-state index is -1.17. The lowest BCUT2D eigenvalue weighted by atomic mass is 10.1. The van der Waals surface area contributed by atoms with Crippen molar-refractivity contribution in [3.8, 4) is 0 Å². The molecule has 1 atom stereocenters. The van der Waals surface area contributed by atoms with Crippen LogP contribution in [0.2, 0.25) is 0 Å². The van der Waals surface area contributed by atoms with Crippen LogP contribution in [0.1, 0.15) is 52.6 Å². The zero-order chi connectivity index (χ0) is 11.1. The Morgan fingerprint density at radius 2 is 1.79 bits per heavy atom. The first-order valence-corrected chi connectivity index (χ1v) is 5.06. The maximum atomic E-state index is 12.6. The molecule has 1 aromatic heterocycles. The summed E-state index contributed by atoms with van der Waals surface area (Å²) in [5, 5.41) is 7.30. The highest BCUT2D eigenvalue weighted by molar-refractivity contribution is 4.85. The van der Waals surface area contributed by atoms with E-state index in [4.69, 9.17) is 4.42 Å². The number of alkyl halides is 1. The Morgan fingerprint density at radius 3 is 2.14 bits per heavy atom. The zero-order valence-electron chi connectivity index (χ0n) is 9.54. The standard InChI is InChI=1S/C8H13FN2O.C2H6/c1-5(2)4-7-10-11-8(12-7)6(3)9;1-2/h5-6H,4H2,1-3H3;1-2H3. The van der Waals surface area contributed by atoms with Crippen LogP contribution in [0.5, 0.6) is 0 Å². The van der Waals surface area contributed by atoms with Crippen LogP contribution >= 0.6 is 0 Å². The lowest BCUT2D eigenvalue weighted by Gasteiger charge is -1.97. The summed E-state index contributed by atoms with van der Waals surface area (Å²) >= 11 is 0. The van der Waals surface area contributed by atoms with Crippen molar-refractivity contribution < 1.29 is 8.81 Å². The van der Waals surface area contributed by atoms with Crippen LogP contribution in [0, 0.1) is 5.92 Å². The summed E-state index contributed by atoms with van der Waals surface area (Å²) in [7, 11) is 0. The van der Waals surface area contributed by atoms with Gasteiger partial charge >= 0.3 is 0 Å². The second-order valence-corrected chi connectivity index (χ2v) is 3.25. The van der Waals surface area contributed by atoms with Gasteiger partial charge in [0, 0.05) is 6.42 Å². The van der Waals surface area contributed by atoms with Crippen molar-refractivity contribution in [2.75, 3.05) is 0 Å². The molecule has 14 heavy (non-hydrogen) atoms. The topological polar surface area (TPSA) is 38.9 Å². The lowest BCUT2D eigenvalue weighted by Crippen LogP contribution is -1.93. The van der Waals surface area contributed by atoms with Crippen molar-refractivity contribution in [1.82, 2.24) is 10.2 Å². The highest BCUT2D eigenvalue weighted by Crippen LogP contribution is 2.15. The molecule has 1 unspecified atom stereocenters. The Kier molecular flexibility index (Phi) is 6.08. The molecule has 0 radical (unpaired) electrons. The van der Waals surface area contributed by atoms with Crippen molar-refractivity contribution in [1.29, 1.82) is 0 Å². The highest BCUT2D eigenvalue weighted by Gasteiger charge is 2.12. The SMILES string of the molecule is CC.CC(C)Cc1nnc(C(C)F)o1. The number of nitrogens with zero attached hydrogens (tertiary/aromatic N) is 2. The van der Waals surface area contributed by atoms with E-state index in [0.717, 1.165) is 0 Å². The van der Waals surface area contributed by atoms with Crippen LogP contribution in [-0.4, -0.2) is 10.2 Å². The molecular weight excluding hydrogens is 183 g/mol. The predicted molar refractivity (Wildman–Crippen MR) is 53.7 cm³/mol. The zero-order valence-corrected chi connectivity index (χ0v) is 9.54. The number of halogens is 1. The van der Waals surface area contributed by atoms with Crippen LogP contribution in [0.4, 0.5) is 4.39 Å². The van der Waals surface area contributed by atoms with Gasteiger partial charge in [-0.1, -0.05) is 27.7 Å². The molecule has 1 heterocycles. The summed E-state index contributed by atoms with van der Waals surface area (Å²) < 4.78 is 17.6. The molecule has 0 bridgehead atoms. The van der Waals surface area contributed by atoms with E-state index in [1.807, 2.05) is 27.7 Å². The van der Waals surface area contributed by atoms with Crippen LogP contribution in [0.3, 0.4) is 0 Å². The molecule has 0 saturated carbocycles. The molecular formula is C10H19FN2O. The monoisotopic (exact) mass is 202 g/mol. The first-order valence-electron chi connectivity index (χ1n) is 5.06. The minimum Gasteiger partial charge on any atom is -0.422 e. The third-order valence-electron chi connectivity index (χ3n) is 1.41. The Bertz CT molecular complexity index is 246. The normalized spacial score (nSPS) is 12.2. The Labute approximate surface area is 84.7 Å². The second kappa shape index (κ2) is 6.51. The molecule has 0 amide bonds. The van der Waals surface area contributed by atoms with E-state index in [9.17, 15) is 4.39 Å². The van der Waals surface area contributed by atoms with Crippen molar-refractivity contribution in [3.63, 3.8) is 0 Å². The molecule has 0 fully saturated rings. The average Bonchev–Trinajstić information content (AvgIpc) is 2.55. The molecule has 82 valence electrons. The highest BCUT2D eigenvalue weighted by atomic mass is 19.1. The Morgan fingerprint density at radius 1 is 1.21 bits per heavy atom. The number of aromatic nitrogens is 2. The fourth-order valence-corrected chi connectivity index (χ4v) is 0.859. The summed E-state index contributed by atoms with van der Waals surface area (Å²) in [6, 6.07) is 0. The average molecular weight is 202 g/mol. The van der Waals surface area contributed by atoms with E-state index in [2.05, 4.69) is 10.2 Å². The molecule has 3 nitrogen and oxygen atoms in total. The predicted octanol–water partition coefficient (Wildman–Crippen LogP) is 3.32. The van der Waals surface area contributed by atoms with Gasteiger partial charge in [-0.15, -0.1) is 10.2 Å². The molecule has 1 aromatic rings. The molecule has 0 aromatic carbocycles. The van der Waals surface area contributed by atoms with Crippen molar-refractivity contribution in [2.45, 2.75) is 47.2 Å². The smallest absolute Gasteiger partial charge is 0.250 e. The number of rotatable bonds is 3. The van der Waals surface area contributed by atoms with Gasteiger partial charge in [0.2, 0.25) is 11.8 Å². The van der Waals surface area contributed by atoms with Crippen LogP contribution in [-0.2, 0) is 6.42 Å². The van der Waals surface area contributed by atoms with Gasteiger partial charge < -0.3 is 4.42 Å². The summed E-state index contributed by atoms with van der Waals surface area (Å²) in [5.74, 6) is 1.04. The summed E-state index contributed by atoms with van der Waals surface area (Å²) in [6.07, 6.45) is -0.460. The molecule has 0 saturated heterocycles. The van der Waals surface area contributed by atoms with E-state index in [-0.39, 0.29) is 5.89 Å². The van der Waals surface area contributed by atoms with Crippen LogP contribution < -0.4 is 0 Å². The van der Waals surface area contributed by atoms with Gasteiger partial charge in [0.15, 0.2) is 6.17 Å². The van der Waals surface area contributed by atoms with Gasteiger partial charge in [-0.25, -0.2) is 4.39 Å². The van der Waals surface area contributed by atoms with E-state index in [1.54, 1.807) is 0 Å². The van der Waals surface area contributed by atoms with E-state index < -0.39 is 6.17 Å². The third-order valence-corrected chi connectivity index (χ3v) is 1.41. The first-order chi connectivity index (χ1) is 6.59. The fraction of sp³-hybridized carbons (Fsp3) is 0.800. The third kappa shape index (κ3) is 4.35. The number of hydrogen-bond acceptors (Lipinski definition) is 3. The Hall–Kier alpha value is -0.930. The van der Waals surface area contributed by atoms with Crippen LogP contribution in [0.25, 0.3) is 0 Å². The van der Waals surface area contributed by atoms with Crippen molar-refractivity contribution in [3.05, 3.63) is 11.8 Å². The van der Waals surface area contributed by atoms with Gasteiger partial charge in [-0.2, -0.15) is 0 Å². The summed E-state index contributed by atoms with van der Waals surface area (Å²) in [5.41, 5.74) is 0. The quantitative estimate of drug-likeness (QED) is 0.754. The summed E-state index contributed by atoms with van der Waals surface area (Å²) in [6.45, 7) is 9.47. The molecule has 0 N–H and O–H groups in total. The van der Waals surface area contributed by atoms with Crippen molar-refractivity contribution in [2.24, 2.45) is 5.92 Å². The summed E-state index contributed by atoms with van der Waals surface area (Å²) in [4.78, 5) is 0. The largest absolute Gasteiger partial charge is 0.422 e. The van der Waals surface area contributed by atoms with E-state index in [0.29, 0.717) is 18.2 Å². The van der Waals surface area contributed by atoms with Gasteiger partial charge in [0.1, 0.15) is 0 Å². The van der Waals surface area contributed by atoms with Gasteiger partial charge in [0.25, 0.3) is 0 Å². The molecule has 0 aliphatic heterocycles. The van der Waals surface area contributed by atoms with E-state index in [1.165, 1.54) is 6.92 Å². The maximum absolute atomic E-state index is 12.6. The molecule has 4 heteroatoms. The fourth-order valence-electron chi connectivity index (χ4n) is 0.859. The molecule has 0 aliphatic carbocycles. The van der Waals surface area contributed by atoms with E-state index >= 15 is 0 Å². The van der Waals surface area contributed by atoms with Gasteiger partial charge in [0.05, 0.1) is 0 Å². The minimum absolute atomic E-state index is 0.0747. The van der Waals surface area contributed by atoms with Crippen molar-refractivity contribution >= 4 is 0 Å². The van der Waals surface area contributed by atoms with Gasteiger partial charge in [-0.3, -0.25) is 0 Å². The maximum Gasteiger partial charge on any atom is 0.250 e. The molecule has 1 rings (SSSR count). The number of hydrogen-bond donors (Lipinski definition) is 0. The second-order valence-electron chi connectivity index (χ2n) is 3.25. The lowest BCUT2D eigenvalue weighted by molar-refractivity contribution is 0.288. The first kappa shape index (κ1) is 13.1. The Balaban J connectivity index is 0.000000791. The van der Waals surface area contributed by atoms with Crippen LogP contribution in [0.15, 0.2) is 4.42 Å².